The average molecular weight is 540 g/mol. The largest absolute Gasteiger partial charge is 0.514 e. The Balaban J connectivity index is 2.92. The maximum Gasteiger partial charge on any atom is 0.514 e. The van der Waals surface area contributed by atoms with Crippen molar-refractivity contribution in [2.24, 2.45) is 17.6 Å². The second-order valence-electron chi connectivity index (χ2n) is 9.95. The summed E-state index contributed by atoms with van der Waals surface area (Å²) in [5.74, 6) is -1.47. The maximum absolute atomic E-state index is 12.6. The van der Waals surface area contributed by atoms with Crippen LogP contribution in [-0.4, -0.2) is 54.7 Å². The van der Waals surface area contributed by atoms with Crippen molar-refractivity contribution in [3.63, 3.8) is 0 Å². The van der Waals surface area contributed by atoms with Crippen LogP contribution in [0.1, 0.15) is 67.9 Å². The van der Waals surface area contributed by atoms with Crippen LogP contribution >= 0.6 is 0 Å². The van der Waals surface area contributed by atoms with Gasteiger partial charge in [-0.05, 0) is 71.6 Å². The minimum atomic E-state index is -1.08. The molecule has 0 spiro atoms. The molecule has 1 aromatic carbocycles. The van der Waals surface area contributed by atoms with Gasteiger partial charge < -0.3 is 34.2 Å². The van der Waals surface area contributed by atoms with Crippen molar-refractivity contribution in [1.29, 1.82) is 0 Å². The van der Waals surface area contributed by atoms with Crippen molar-refractivity contribution >= 4 is 24.2 Å². The SMILES string of the molecule is CC(C)OC(=O)Oc1ccc(C[C@H](N)C(=O)O[C@@H](C)C(C)OC(=O)C(C)C(C)C)cc1OC(=O)OC(C)C. The van der Waals surface area contributed by atoms with Crippen LogP contribution in [0, 0.1) is 11.8 Å². The summed E-state index contributed by atoms with van der Waals surface area (Å²) in [6.07, 6.45) is -4.25. The van der Waals surface area contributed by atoms with Crippen LogP contribution in [0.25, 0.3) is 0 Å². The summed E-state index contributed by atoms with van der Waals surface area (Å²) in [7, 11) is 0. The summed E-state index contributed by atoms with van der Waals surface area (Å²) in [4.78, 5) is 48.8. The monoisotopic (exact) mass is 539 g/mol. The summed E-state index contributed by atoms with van der Waals surface area (Å²) in [6, 6.07) is 3.25. The number of carbonyl (C=O) groups excluding carboxylic acids is 4. The molecule has 0 heterocycles. The third-order valence-electron chi connectivity index (χ3n) is 5.45. The van der Waals surface area contributed by atoms with Gasteiger partial charge in [-0.2, -0.15) is 0 Å². The third-order valence-corrected chi connectivity index (χ3v) is 5.45. The number of nitrogens with two attached hydrogens (primary N) is 1. The van der Waals surface area contributed by atoms with E-state index in [4.69, 9.17) is 34.2 Å². The molecule has 0 saturated carbocycles. The average Bonchev–Trinajstić information content (AvgIpc) is 2.78. The van der Waals surface area contributed by atoms with Crippen molar-refractivity contribution in [2.45, 2.75) is 99.2 Å². The van der Waals surface area contributed by atoms with Gasteiger partial charge in [0.2, 0.25) is 0 Å². The molecule has 0 radical (unpaired) electrons. The highest BCUT2D eigenvalue weighted by Gasteiger charge is 2.27. The molecule has 0 aliphatic rings. The molecule has 0 amide bonds. The fraction of sp³-hybridized carbons (Fsp3) is 0.630. The Morgan fingerprint density at radius 1 is 0.684 bits per heavy atom. The van der Waals surface area contributed by atoms with Gasteiger partial charge in [-0.25, -0.2) is 9.59 Å². The molecule has 11 heteroatoms. The highest BCUT2D eigenvalue weighted by molar-refractivity contribution is 5.76. The Labute approximate surface area is 224 Å². The number of rotatable bonds is 12. The minimum Gasteiger partial charge on any atom is -0.459 e. The molecule has 38 heavy (non-hydrogen) atoms. The third kappa shape index (κ3) is 11.4. The fourth-order valence-electron chi connectivity index (χ4n) is 2.82. The second-order valence-corrected chi connectivity index (χ2v) is 9.95. The number of benzene rings is 1. The quantitative estimate of drug-likeness (QED) is 0.226. The van der Waals surface area contributed by atoms with Crippen LogP contribution in [0.2, 0.25) is 0 Å². The zero-order valence-corrected chi connectivity index (χ0v) is 23.6. The van der Waals surface area contributed by atoms with E-state index >= 15 is 0 Å². The summed E-state index contributed by atoms with van der Waals surface area (Å²) in [6.45, 7) is 15.4. The van der Waals surface area contributed by atoms with Gasteiger partial charge in [0.15, 0.2) is 11.5 Å². The van der Waals surface area contributed by atoms with Crippen LogP contribution in [0.4, 0.5) is 9.59 Å². The predicted octanol–water partition coefficient (Wildman–Crippen LogP) is 4.56. The molecule has 0 aliphatic carbocycles. The highest BCUT2D eigenvalue weighted by atomic mass is 16.7. The number of ether oxygens (including phenoxy) is 6. The predicted molar refractivity (Wildman–Crippen MR) is 138 cm³/mol. The second kappa shape index (κ2) is 15.2. The zero-order chi connectivity index (χ0) is 29.2. The summed E-state index contributed by atoms with van der Waals surface area (Å²) < 4.78 is 31.1. The first-order valence-corrected chi connectivity index (χ1v) is 12.7. The van der Waals surface area contributed by atoms with Crippen molar-refractivity contribution in [3.05, 3.63) is 23.8 Å². The van der Waals surface area contributed by atoms with Crippen molar-refractivity contribution < 1.29 is 47.6 Å². The minimum absolute atomic E-state index is 0.0103. The van der Waals surface area contributed by atoms with Crippen LogP contribution < -0.4 is 15.2 Å². The summed E-state index contributed by atoms with van der Waals surface area (Å²) in [5.41, 5.74) is 6.55. The molecule has 2 unspecified atom stereocenters. The van der Waals surface area contributed by atoms with E-state index in [1.807, 2.05) is 13.8 Å². The molecular formula is C27H41NO10. The summed E-state index contributed by atoms with van der Waals surface area (Å²) in [5, 5.41) is 0. The van der Waals surface area contributed by atoms with Gasteiger partial charge in [0.05, 0.1) is 18.1 Å². The number of hydrogen-bond acceptors (Lipinski definition) is 11. The fourth-order valence-corrected chi connectivity index (χ4v) is 2.82. The lowest BCUT2D eigenvalue weighted by molar-refractivity contribution is -0.169. The van der Waals surface area contributed by atoms with E-state index in [2.05, 4.69) is 0 Å². The Hall–Kier alpha value is -3.34. The Morgan fingerprint density at radius 2 is 1.16 bits per heavy atom. The molecule has 0 saturated heterocycles. The molecule has 0 aromatic heterocycles. The first-order chi connectivity index (χ1) is 17.6. The number of hydrogen-bond donors (Lipinski definition) is 1. The lowest BCUT2D eigenvalue weighted by Crippen LogP contribution is -2.40. The smallest absolute Gasteiger partial charge is 0.459 e. The molecule has 4 atom stereocenters. The van der Waals surface area contributed by atoms with Gasteiger partial charge in [0.1, 0.15) is 18.2 Å². The first-order valence-electron chi connectivity index (χ1n) is 12.7. The van der Waals surface area contributed by atoms with Crippen LogP contribution in [0.3, 0.4) is 0 Å². The Bertz CT molecular complexity index is 959. The maximum atomic E-state index is 12.6. The van der Waals surface area contributed by atoms with E-state index in [0.29, 0.717) is 5.56 Å². The molecular weight excluding hydrogens is 498 g/mol. The molecule has 11 nitrogen and oxygen atoms in total. The van der Waals surface area contributed by atoms with E-state index < -0.39 is 48.7 Å². The molecule has 214 valence electrons. The zero-order valence-electron chi connectivity index (χ0n) is 23.6. The molecule has 1 rings (SSSR count). The van der Waals surface area contributed by atoms with Gasteiger partial charge in [-0.1, -0.05) is 26.8 Å². The van der Waals surface area contributed by atoms with Crippen molar-refractivity contribution in [3.8, 4) is 11.5 Å². The van der Waals surface area contributed by atoms with Crippen molar-refractivity contribution in [1.82, 2.24) is 0 Å². The normalized spacial score (nSPS) is 14.3. The number of esters is 2. The van der Waals surface area contributed by atoms with E-state index in [-0.39, 0.29) is 35.7 Å². The van der Waals surface area contributed by atoms with Crippen molar-refractivity contribution in [2.75, 3.05) is 0 Å². The lowest BCUT2D eigenvalue weighted by atomic mass is 9.98. The van der Waals surface area contributed by atoms with E-state index in [1.165, 1.54) is 12.1 Å². The number of carbonyl (C=O) groups is 4. The van der Waals surface area contributed by atoms with E-state index in [0.717, 1.165) is 0 Å². The van der Waals surface area contributed by atoms with Crippen LogP contribution in [-0.2, 0) is 35.0 Å². The molecule has 2 N–H and O–H groups in total. The van der Waals surface area contributed by atoms with Gasteiger partial charge in [0, 0.05) is 0 Å². The lowest BCUT2D eigenvalue weighted by Gasteiger charge is -2.24. The van der Waals surface area contributed by atoms with Gasteiger partial charge >= 0.3 is 24.2 Å². The highest BCUT2D eigenvalue weighted by Crippen LogP contribution is 2.30. The van der Waals surface area contributed by atoms with Gasteiger partial charge in [-0.15, -0.1) is 0 Å². The summed E-state index contributed by atoms with van der Waals surface area (Å²) >= 11 is 0. The molecule has 0 aliphatic heterocycles. The van der Waals surface area contributed by atoms with E-state index in [9.17, 15) is 19.2 Å². The van der Waals surface area contributed by atoms with Crippen LogP contribution in [0.15, 0.2) is 18.2 Å². The molecule has 0 bridgehead atoms. The van der Waals surface area contributed by atoms with Gasteiger partial charge in [0.25, 0.3) is 0 Å². The topological polar surface area (TPSA) is 150 Å². The molecule has 0 fully saturated rings. The van der Waals surface area contributed by atoms with E-state index in [1.54, 1.807) is 54.5 Å². The van der Waals surface area contributed by atoms with Gasteiger partial charge in [-0.3, -0.25) is 9.59 Å². The molecule has 1 aromatic rings. The Morgan fingerprint density at radius 3 is 1.63 bits per heavy atom. The van der Waals surface area contributed by atoms with Crippen LogP contribution in [0.5, 0.6) is 11.5 Å². The standard InChI is InChI=1S/C27H41NO10/c1-14(2)17(7)24(29)35-18(8)19(9)36-25(30)21(28)12-20-10-11-22(37-26(31)33-15(3)4)23(13-20)38-27(32)34-16(5)6/h10-11,13-19,21H,12,28H2,1-9H3/t17?,18?,19-,21-/m0/s1. The first kappa shape index (κ1) is 32.7. The Kier molecular flexibility index (Phi) is 13.0.